The van der Waals surface area contributed by atoms with E-state index < -0.39 is 0 Å². The number of amides is 1. The predicted molar refractivity (Wildman–Crippen MR) is 129 cm³/mol. The Hall–Kier alpha value is -3.85. The zero-order chi connectivity index (χ0) is 23.5. The molecule has 2 heterocycles. The summed E-state index contributed by atoms with van der Waals surface area (Å²) in [5.41, 5.74) is 7.28. The number of nitrogens with one attached hydrogen (secondary N) is 1. The predicted octanol–water partition coefficient (Wildman–Crippen LogP) is 3.50. The van der Waals surface area contributed by atoms with Crippen LogP contribution in [0.15, 0.2) is 43.0 Å². The molecule has 1 aliphatic heterocycles. The maximum atomic E-state index is 11.9. The van der Waals surface area contributed by atoms with Crippen LogP contribution < -0.4 is 20.1 Å². The van der Waals surface area contributed by atoms with Gasteiger partial charge in [-0.15, -0.1) is 0 Å². The minimum atomic E-state index is -0.0866. The number of methoxy groups -OCH3 is 1. The Labute approximate surface area is 195 Å². The van der Waals surface area contributed by atoms with Crippen LogP contribution in [-0.2, 0) is 4.79 Å². The second kappa shape index (κ2) is 9.33. The van der Waals surface area contributed by atoms with Crippen LogP contribution in [0.2, 0.25) is 5.02 Å². The molecular formula is C23H23ClN6O3. The Kier molecular flexibility index (Phi) is 6.32. The molecule has 0 atom stereocenters. The Bertz CT molecular complexity index is 1240. The Morgan fingerprint density at radius 2 is 1.97 bits per heavy atom. The number of nitrogen functional groups attached to an aromatic ring is 1. The monoisotopic (exact) mass is 466 g/mol. The second-order valence-corrected chi connectivity index (χ2v) is 7.74. The lowest BCUT2D eigenvalue weighted by Gasteiger charge is -2.35. The maximum absolute atomic E-state index is 11.9. The van der Waals surface area contributed by atoms with Crippen LogP contribution in [0.3, 0.4) is 0 Å². The molecule has 1 aromatic heterocycles. The number of carbonyl (C=O) groups excluding carboxylic acids is 1. The number of nitrogens with zero attached hydrogens (tertiary/aromatic N) is 4. The first-order valence-corrected chi connectivity index (χ1v) is 10.6. The summed E-state index contributed by atoms with van der Waals surface area (Å²) in [6.45, 7) is 5.85. The number of carbonyl (C=O) groups is 1. The standard InChI is InChI=1S/C23H23ClN6O3/c1-3-19(31)29-9-11-30(12-10-29)22-14-5-4-6-18(20(14)27-23(28-22)32-2)33-21-15(13-25)17(26)8-7-16(21)24/h3-8,13,25H,1,9-12,26H2,2H3. The highest BCUT2D eigenvalue weighted by Gasteiger charge is 2.24. The van der Waals surface area contributed by atoms with E-state index in [2.05, 4.69) is 21.4 Å². The van der Waals surface area contributed by atoms with Gasteiger partial charge >= 0.3 is 6.01 Å². The SMILES string of the molecule is C=CC(=O)N1CCN(c2nc(OC)nc3c(Oc4c(Cl)ccc(N)c4C=N)cccc23)CC1. The summed E-state index contributed by atoms with van der Waals surface area (Å²) in [5, 5.41) is 8.79. The molecule has 4 rings (SSSR count). The third-order valence-electron chi connectivity index (χ3n) is 5.44. The summed E-state index contributed by atoms with van der Waals surface area (Å²) in [6.07, 6.45) is 2.43. The number of hydrogen-bond donors (Lipinski definition) is 2. The van der Waals surface area contributed by atoms with Gasteiger partial charge in [0.15, 0.2) is 11.5 Å². The van der Waals surface area contributed by atoms with E-state index >= 15 is 0 Å². The van der Waals surface area contributed by atoms with Crippen molar-refractivity contribution in [3.63, 3.8) is 0 Å². The highest BCUT2D eigenvalue weighted by Crippen LogP contribution is 2.39. The topological polar surface area (TPSA) is 118 Å². The molecule has 1 amide bonds. The smallest absolute Gasteiger partial charge is 0.318 e. The summed E-state index contributed by atoms with van der Waals surface area (Å²) in [7, 11) is 1.50. The van der Waals surface area contributed by atoms with Crippen molar-refractivity contribution in [3.05, 3.63) is 53.6 Å². The normalized spacial score (nSPS) is 13.6. The number of nitrogens with two attached hydrogens (primary N) is 1. The minimum Gasteiger partial charge on any atom is -0.467 e. The van der Waals surface area contributed by atoms with Crippen molar-refractivity contribution in [2.45, 2.75) is 0 Å². The van der Waals surface area contributed by atoms with Gasteiger partial charge in [-0.1, -0.05) is 24.2 Å². The van der Waals surface area contributed by atoms with E-state index in [1.54, 1.807) is 23.1 Å². The molecule has 0 bridgehead atoms. The average Bonchev–Trinajstić information content (AvgIpc) is 2.85. The zero-order valence-corrected chi connectivity index (χ0v) is 18.8. The van der Waals surface area contributed by atoms with Crippen LogP contribution >= 0.6 is 11.6 Å². The molecule has 3 aromatic rings. The van der Waals surface area contributed by atoms with Crippen molar-refractivity contribution in [1.82, 2.24) is 14.9 Å². The minimum absolute atomic E-state index is 0.0866. The number of ether oxygens (including phenoxy) is 2. The molecular weight excluding hydrogens is 444 g/mol. The molecule has 10 heteroatoms. The number of fused-ring (bicyclic) bond motifs is 1. The Balaban J connectivity index is 1.76. The molecule has 0 saturated carbocycles. The molecule has 1 aliphatic rings. The number of hydrogen-bond acceptors (Lipinski definition) is 8. The highest BCUT2D eigenvalue weighted by molar-refractivity contribution is 6.32. The van der Waals surface area contributed by atoms with Gasteiger partial charge in [0.25, 0.3) is 0 Å². The molecule has 9 nitrogen and oxygen atoms in total. The summed E-state index contributed by atoms with van der Waals surface area (Å²) in [5.74, 6) is 1.29. The van der Waals surface area contributed by atoms with Crippen LogP contribution in [-0.4, -0.2) is 60.3 Å². The van der Waals surface area contributed by atoms with Gasteiger partial charge in [0.05, 0.1) is 17.7 Å². The highest BCUT2D eigenvalue weighted by atomic mass is 35.5. The number of piperazine rings is 1. The lowest BCUT2D eigenvalue weighted by molar-refractivity contribution is -0.126. The van der Waals surface area contributed by atoms with Crippen molar-refractivity contribution >= 4 is 46.1 Å². The molecule has 33 heavy (non-hydrogen) atoms. The largest absolute Gasteiger partial charge is 0.467 e. The van der Waals surface area contributed by atoms with Crippen LogP contribution in [0.4, 0.5) is 11.5 Å². The van der Waals surface area contributed by atoms with E-state index in [1.165, 1.54) is 13.2 Å². The lowest BCUT2D eigenvalue weighted by Crippen LogP contribution is -2.48. The molecule has 0 aliphatic carbocycles. The summed E-state index contributed by atoms with van der Waals surface area (Å²) in [4.78, 5) is 24.9. The van der Waals surface area contributed by atoms with Crippen LogP contribution in [0.25, 0.3) is 10.9 Å². The van der Waals surface area contributed by atoms with Gasteiger partial charge in [-0.25, -0.2) is 0 Å². The first-order chi connectivity index (χ1) is 16.0. The van der Waals surface area contributed by atoms with E-state index in [1.807, 2.05) is 12.1 Å². The quantitative estimate of drug-likeness (QED) is 0.324. The van der Waals surface area contributed by atoms with Gasteiger partial charge in [-0.2, -0.15) is 9.97 Å². The number of halogens is 1. The first-order valence-electron chi connectivity index (χ1n) is 10.2. The number of para-hydroxylation sites is 1. The average molecular weight is 467 g/mol. The number of benzene rings is 2. The third-order valence-corrected chi connectivity index (χ3v) is 5.73. The number of anilines is 2. The molecule has 2 aromatic carbocycles. The summed E-state index contributed by atoms with van der Waals surface area (Å²) >= 11 is 6.36. The van der Waals surface area contributed by atoms with Crippen molar-refractivity contribution in [2.24, 2.45) is 0 Å². The van der Waals surface area contributed by atoms with Crippen molar-refractivity contribution in [3.8, 4) is 17.5 Å². The molecule has 0 radical (unpaired) electrons. The van der Waals surface area contributed by atoms with Crippen molar-refractivity contribution < 1.29 is 14.3 Å². The van der Waals surface area contributed by atoms with Crippen molar-refractivity contribution in [2.75, 3.05) is 43.9 Å². The number of rotatable bonds is 6. The van der Waals surface area contributed by atoms with Crippen molar-refractivity contribution in [1.29, 1.82) is 5.41 Å². The van der Waals surface area contributed by atoms with Gasteiger partial charge in [0, 0.05) is 43.5 Å². The molecule has 170 valence electrons. The van der Waals surface area contributed by atoms with E-state index in [9.17, 15) is 4.79 Å². The third kappa shape index (κ3) is 4.27. The van der Waals surface area contributed by atoms with Crippen LogP contribution in [0, 0.1) is 5.41 Å². The van der Waals surface area contributed by atoms with E-state index in [-0.39, 0.29) is 17.7 Å². The van der Waals surface area contributed by atoms with E-state index in [0.717, 1.165) is 11.6 Å². The molecule has 3 N–H and O–H groups in total. The van der Waals surface area contributed by atoms with E-state index in [4.69, 9.17) is 32.2 Å². The Morgan fingerprint density at radius 1 is 1.21 bits per heavy atom. The Morgan fingerprint density at radius 3 is 2.64 bits per heavy atom. The maximum Gasteiger partial charge on any atom is 0.318 e. The number of aromatic nitrogens is 2. The molecule has 1 saturated heterocycles. The second-order valence-electron chi connectivity index (χ2n) is 7.33. The molecule has 0 spiro atoms. The van der Waals surface area contributed by atoms with Gasteiger partial charge < -0.3 is 30.4 Å². The van der Waals surface area contributed by atoms with Gasteiger partial charge in [0.2, 0.25) is 5.91 Å². The van der Waals surface area contributed by atoms with Gasteiger partial charge in [0.1, 0.15) is 11.3 Å². The van der Waals surface area contributed by atoms with Crippen LogP contribution in [0.5, 0.6) is 17.5 Å². The lowest BCUT2D eigenvalue weighted by atomic mass is 10.1. The van der Waals surface area contributed by atoms with Gasteiger partial charge in [-0.3, -0.25) is 4.79 Å². The van der Waals surface area contributed by atoms with Crippen LogP contribution in [0.1, 0.15) is 5.56 Å². The molecule has 0 unspecified atom stereocenters. The fourth-order valence-corrected chi connectivity index (χ4v) is 3.93. The zero-order valence-electron chi connectivity index (χ0n) is 18.0. The fraction of sp³-hybridized carbons (Fsp3) is 0.217. The summed E-state index contributed by atoms with van der Waals surface area (Å²) in [6, 6.07) is 8.92. The first kappa shape index (κ1) is 22.3. The van der Waals surface area contributed by atoms with Gasteiger partial charge in [-0.05, 0) is 30.3 Å². The molecule has 1 fully saturated rings. The summed E-state index contributed by atoms with van der Waals surface area (Å²) < 4.78 is 11.5. The van der Waals surface area contributed by atoms with E-state index in [0.29, 0.717) is 59.5 Å². The fourth-order valence-electron chi connectivity index (χ4n) is 3.72.